The van der Waals surface area contributed by atoms with E-state index in [1.165, 1.54) is 154 Å². The highest BCUT2D eigenvalue weighted by atomic mass is 31.2. The first-order valence-corrected chi connectivity index (χ1v) is 26.0. The zero-order valence-electron chi connectivity index (χ0n) is 37.9. The minimum atomic E-state index is -4.38. The average Bonchev–Trinajstić information content (AvgIpc) is 3.20. The van der Waals surface area contributed by atoms with Crippen LogP contribution in [0, 0.1) is 0 Å². The van der Waals surface area contributed by atoms with Crippen LogP contribution in [-0.4, -0.2) is 59.0 Å². The number of unbranched alkanes of at least 4 members (excludes halogenated alkanes) is 28. The van der Waals surface area contributed by atoms with Gasteiger partial charge < -0.3 is 26.2 Å². The summed E-state index contributed by atoms with van der Waals surface area (Å²) in [6.07, 6.45) is 47.9. The van der Waals surface area contributed by atoms with Gasteiger partial charge in [0.1, 0.15) is 0 Å². The Morgan fingerprint density at radius 1 is 0.603 bits per heavy atom. The Kier molecular flexibility index (Phi) is 43.2. The topological polar surface area (TPSA) is 151 Å². The first-order chi connectivity index (χ1) is 28.3. The van der Waals surface area contributed by atoms with E-state index in [1.54, 1.807) is 0 Å². The summed E-state index contributed by atoms with van der Waals surface area (Å²) in [6.45, 7) is 3.97. The number of phosphoric acid groups is 1. The van der Waals surface area contributed by atoms with E-state index in [0.717, 1.165) is 51.4 Å². The van der Waals surface area contributed by atoms with E-state index in [1.807, 2.05) is 0 Å². The lowest BCUT2D eigenvalue weighted by molar-refractivity contribution is -0.125. The molecule has 0 spiro atoms. The number of nitrogens with two attached hydrogens (primary N) is 1. The largest absolute Gasteiger partial charge is 0.472 e. The summed E-state index contributed by atoms with van der Waals surface area (Å²) in [5.41, 5.74) is 5.38. The van der Waals surface area contributed by atoms with E-state index < -0.39 is 32.0 Å². The highest BCUT2D eigenvalue weighted by Crippen LogP contribution is 2.43. The van der Waals surface area contributed by atoms with Gasteiger partial charge in [0, 0.05) is 6.54 Å². The second-order valence-corrected chi connectivity index (χ2v) is 18.3. The molecule has 0 saturated carbocycles. The van der Waals surface area contributed by atoms with E-state index in [9.17, 15) is 24.5 Å². The van der Waals surface area contributed by atoms with Crippen molar-refractivity contribution in [2.75, 3.05) is 19.8 Å². The molecule has 0 aromatic carbocycles. The molecule has 0 aromatic heterocycles. The lowest BCUT2D eigenvalue weighted by Crippen LogP contribution is -2.47. The van der Waals surface area contributed by atoms with Crippen molar-refractivity contribution >= 4 is 13.7 Å². The van der Waals surface area contributed by atoms with Crippen LogP contribution >= 0.6 is 7.82 Å². The molecule has 0 aliphatic heterocycles. The van der Waals surface area contributed by atoms with E-state index >= 15 is 0 Å². The van der Waals surface area contributed by atoms with E-state index in [-0.39, 0.29) is 26.2 Å². The van der Waals surface area contributed by atoms with Crippen molar-refractivity contribution < 1.29 is 33.5 Å². The molecule has 58 heavy (non-hydrogen) atoms. The summed E-state index contributed by atoms with van der Waals surface area (Å²) in [5, 5.41) is 24.3. The lowest BCUT2D eigenvalue weighted by Gasteiger charge is -2.25. The zero-order chi connectivity index (χ0) is 42.6. The third-order valence-corrected chi connectivity index (χ3v) is 12.1. The van der Waals surface area contributed by atoms with Crippen molar-refractivity contribution in [2.24, 2.45) is 5.73 Å². The van der Waals surface area contributed by atoms with E-state index in [2.05, 4.69) is 43.5 Å². The van der Waals surface area contributed by atoms with Crippen LogP contribution in [0.25, 0.3) is 0 Å². The van der Waals surface area contributed by atoms with Crippen molar-refractivity contribution in [1.29, 1.82) is 0 Å². The molecule has 0 radical (unpaired) electrons. The fourth-order valence-corrected chi connectivity index (χ4v) is 8.22. The predicted molar refractivity (Wildman–Crippen MR) is 246 cm³/mol. The highest BCUT2D eigenvalue weighted by molar-refractivity contribution is 7.47. The Balaban J connectivity index is 4.15. The lowest BCUT2D eigenvalue weighted by atomic mass is 10.0. The molecule has 4 atom stereocenters. The van der Waals surface area contributed by atoms with Gasteiger partial charge in [0.25, 0.3) is 0 Å². The van der Waals surface area contributed by atoms with Gasteiger partial charge in [0.2, 0.25) is 5.91 Å². The summed E-state index contributed by atoms with van der Waals surface area (Å²) in [7, 11) is -4.38. The summed E-state index contributed by atoms with van der Waals surface area (Å²) in [4.78, 5) is 22.9. The molecule has 0 heterocycles. The minimum absolute atomic E-state index is 0.0603. The van der Waals surface area contributed by atoms with Gasteiger partial charge in [0.15, 0.2) is 0 Å². The predicted octanol–water partition coefficient (Wildman–Crippen LogP) is 13.1. The van der Waals surface area contributed by atoms with Crippen molar-refractivity contribution in [3.63, 3.8) is 0 Å². The maximum atomic E-state index is 12.9. The molecular formula is C48H95N2O7P. The van der Waals surface area contributed by atoms with Crippen molar-refractivity contribution in [3.8, 4) is 0 Å². The molecule has 0 aliphatic rings. The number of carbonyl (C=O) groups excluding carboxylic acids is 1. The number of allylic oxidation sites excluding steroid dienone is 4. The van der Waals surface area contributed by atoms with Crippen molar-refractivity contribution in [2.45, 2.75) is 257 Å². The summed E-state index contributed by atoms with van der Waals surface area (Å²) in [6, 6.07) is -0.895. The van der Waals surface area contributed by atoms with Gasteiger partial charge in [-0.15, -0.1) is 0 Å². The minimum Gasteiger partial charge on any atom is -0.393 e. The number of hydrogen-bond donors (Lipinski definition) is 5. The SMILES string of the molecule is CC/C=C\C/C=C\CCCCCCCCCCCCCCC(O)CC(=O)NC(COP(=O)(O)OCCN)C(O)CCCCCCCCCCCCCCCCCCC. The van der Waals surface area contributed by atoms with Crippen LogP contribution in [0.1, 0.15) is 239 Å². The van der Waals surface area contributed by atoms with Crippen molar-refractivity contribution in [1.82, 2.24) is 5.32 Å². The molecule has 0 aromatic rings. The molecule has 0 bridgehead atoms. The van der Waals surface area contributed by atoms with Gasteiger partial charge in [-0.05, 0) is 38.5 Å². The zero-order valence-corrected chi connectivity index (χ0v) is 38.8. The van der Waals surface area contributed by atoms with E-state index in [0.29, 0.717) is 12.8 Å². The molecule has 0 fully saturated rings. The van der Waals surface area contributed by atoms with Crippen LogP contribution in [0.2, 0.25) is 0 Å². The standard InChI is InChI=1S/C48H95N2O7P/c1-3-5-7-9-11-13-15-17-19-21-22-24-25-27-29-31-33-35-37-39-45(51)43-48(53)50-46(44-57-58(54,55)56-42-41-49)47(52)40-38-36-34-32-30-28-26-23-20-18-16-14-12-10-8-6-4-2/h5,7,11,13,45-47,51-52H,3-4,6,8-10,12,14-44,49H2,1-2H3,(H,50,53)(H,54,55)/b7-5-,13-11-. The second-order valence-electron chi connectivity index (χ2n) is 16.8. The maximum absolute atomic E-state index is 12.9. The van der Waals surface area contributed by atoms with Gasteiger partial charge in [-0.1, -0.05) is 218 Å². The molecule has 0 saturated heterocycles. The Bertz CT molecular complexity index is 982. The molecular weight excluding hydrogens is 748 g/mol. The normalized spacial score (nSPS) is 14.7. The van der Waals surface area contributed by atoms with Crippen LogP contribution in [0.4, 0.5) is 0 Å². The average molecular weight is 843 g/mol. The number of nitrogens with one attached hydrogen (secondary N) is 1. The van der Waals surface area contributed by atoms with Crippen LogP contribution in [0.15, 0.2) is 24.3 Å². The quantitative estimate of drug-likeness (QED) is 0.0231. The summed E-state index contributed by atoms with van der Waals surface area (Å²) < 4.78 is 22.2. The number of aliphatic hydroxyl groups is 2. The third kappa shape index (κ3) is 41.7. The molecule has 9 nitrogen and oxygen atoms in total. The summed E-state index contributed by atoms with van der Waals surface area (Å²) >= 11 is 0. The third-order valence-electron chi connectivity index (χ3n) is 11.1. The van der Waals surface area contributed by atoms with E-state index in [4.69, 9.17) is 14.8 Å². The van der Waals surface area contributed by atoms with Crippen LogP contribution in [-0.2, 0) is 18.4 Å². The number of hydrogen-bond acceptors (Lipinski definition) is 7. The number of amides is 1. The van der Waals surface area contributed by atoms with Gasteiger partial charge in [0.05, 0.1) is 37.9 Å². The van der Waals surface area contributed by atoms with Gasteiger partial charge >= 0.3 is 7.82 Å². The number of carbonyl (C=O) groups is 1. The molecule has 10 heteroatoms. The monoisotopic (exact) mass is 843 g/mol. The first-order valence-electron chi connectivity index (χ1n) is 24.5. The molecule has 6 N–H and O–H groups in total. The van der Waals surface area contributed by atoms with Gasteiger partial charge in [-0.3, -0.25) is 13.8 Å². The van der Waals surface area contributed by atoms with Gasteiger partial charge in [-0.2, -0.15) is 0 Å². The molecule has 0 aliphatic carbocycles. The maximum Gasteiger partial charge on any atom is 0.472 e. The Morgan fingerprint density at radius 2 is 1.03 bits per heavy atom. The Morgan fingerprint density at radius 3 is 1.50 bits per heavy atom. The fourth-order valence-electron chi connectivity index (χ4n) is 7.46. The smallest absolute Gasteiger partial charge is 0.393 e. The fraction of sp³-hybridized carbons (Fsp3) is 0.896. The first kappa shape index (κ1) is 56.9. The van der Waals surface area contributed by atoms with Crippen LogP contribution < -0.4 is 11.1 Å². The highest BCUT2D eigenvalue weighted by Gasteiger charge is 2.28. The number of aliphatic hydroxyl groups excluding tert-OH is 2. The molecule has 1 amide bonds. The Labute approximate surface area is 358 Å². The van der Waals surface area contributed by atoms with Crippen LogP contribution in [0.3, 0.4) is 0 Å². The molecule has 0 rings (SSSR count). The van der Waals surface area contributed by atoms with Crippen LogP contribution in [0.5, 0.6) is 0 Å². The number of phosphoric ester groups is 1. The van der Waals surface area contributed by atoms with Gasteiger partial charge in [-0.25, -0.2) is 4.57 Å². The molecule has 4 unspecified atom stereocenters. The van der Waals surface area contributed by atoms with Crippen molar-refractivity contribution in [3.05, 3.63) is 24.3 Å². The number of rotatable bonds is 46. The Hall–Kier alpha value is -1.06. The molecule has 344 valence electrons. The second kappa shape index (κ2) is 44.0. The summed E-state index contributed by atoms with van der Waals surface area (Å²) in [5.74, 6) is -0.412.